The summed E-state index contributed by atoms with van der Waals surface area (Å²) in [6.07, 6.45) is 1.66. The van der Waals surface area contributed by atoms with Crippen LogP contribution in [-0.4, -0.2) is 54.0 Å². The fourth-order valence-corrected chi connectivity index (χ4v) is 4.69. The molecular weight excluding hydrogens is 381 g/mol. The van der Waals surface area contributed by atoms with E-state index in [1.54, 1.807) is 18.3 Å². The maximum absolute atomic E-state index is 13.9. The van der Waals surface area contributed by atoms with Crippen LogP contribution in [0.3, 0.4) is 0 Å². The molecule has 5 nitrogen and oxygen atoms in total. The number of hydrogen-bond acceptors (Lipinski definition) is 4. The zero-order valence-electron chi connectivity index (χ0n) is 15.7. The van der Waals surface area contributed by atoms with Gasteiger partial charge < -0.3 is 9.64 Å². The predicted octanol–water partition coefficient (Wildman–Crippen LogP) is 3.15. The zero-order chi connectivity index (χ0) is 19.7. The highest BCUT2D eigenvalue weighted by atomic mass is 35.5. The van der Waals surface area contributed by atoms with E-state index in [0.29, 0.717) is 17.5 Å². The summed E-state index contributed by atoms with van der Waals surface area (Å²) in [6.45, 7) is 3.18. The van der Waals surface area contributed by atoms with E-state index >= 15 is 0 Å². The van der Waals surface area contributed by atoms with Gasteiger partial charge >= 0.3 is 0 Å². The highest BCUT2D eigenvalue weighted by Gasteiger charge is 2.48. The molecule has 7 heteroatoms. The fraction of sp³-hybridized carbons (Fsp3) is 0.429. The molecule has 0 unspecified atom stereocenters. The van der Waals surface area contributed by atoms with E-state index < -0.39 is 0 Å². The Labute approximate surface area is 169 Å². The lowest BCUT2D eigenvalue weighted by atomic mass is 9.89. The molecule has 2 aliphatic heterocycles. The molecule has 2 aromatic rings. The molecule has 1 aromatic heterocycles. The standard InChI is InChI=1S/C21H23ClFN3O2/c1-28-13-20(27)26-10-15-9-25(11-18-6-5-16(22)8-24-18)12-19(15)21(26)14-3-2-4-17(23)7-14/h2-8,15,19,21H,9-13H2,1H3/t15-,19-,21+/m1/s1. The lowest BCUT2D eigenvalue weighted by Crippen LogP contribution is -2.37. The van der Waals surface area contributed by atoms with Crippen LogP contribution in [0, 0.1) is 17.7 Å². The minimum atomic E-state index is -0.277. The Hall–Kier alpha value is -2.02. The van der Waals surface area contributed by atoms with E-state index in [9.17, 15) is 9.18 Å². The van der Waals surface area contributed by atoms with Gasteiger partial charge in [-0.05, 0) is 35.7 Å². The average Bonchev–Trinajstić information content (AvgIpc) is 3.21. The number of hydrogen-bond donors (Lipinski definition) is 0. The smallest absolute Gasteiger partial charge is 0.249 e. The van der Waals surface area contributed by atoms with Gasteiger partial charge in [-0.25, -0.2) is 4.39 Å². The number of carbonyl (C=O) groups excluding carboxylic acids is 1. The highest BCUT2D eigenvalue weighted by Crippen LogP contribution is 2.45. The molecule has 0 saturated carbocycles. The van der Waals surface area contributed by atoms with Crippen molar-refractivity contribution in [2.24, 2.45) is 11.8 Å². The number of benzene rings is 1. The molecule has 2 aliphatic rings. The molecule has 0 radical (unpaired) electrons. The summed E-state index contributed by atoms with van der Waals surface area (Å²) in [4.78, 5) is 21.2. The summed E-state index contributed by atoms with van der Waals surface area (Å²) in [5.41, 5.74) is 1.82. The van der Waals surface area contributed by atoms with Crippen LogP contribution in [0.1, 0.15) is 17.3 Å². The predicted molar refractivity (Wildman–Crippen MR) is 104 cm³/mol. The van der Waals surface area contributed by atoms with Crippen molar-refractivity contribution in [2.45, 2.75) is 12.6 Å². The quantitative estimate of drug-likeness (QED) is 0.769. The number of carbonyl (C=O) groups is 1. The molecule has 148 valence electrons. The molecule has 2 fully saturated rings. The Balaban J connectivity index is 1.54. The molecular formula is C21H23ClFN3O2. The summed E-state index contributed by atoms with van der Waals surface area (Å²) in [6, 6.07) is 10.3. The number of nitrogens with zero attached hydrogens (tertiary/aromatic N) is 3. The summed E-state index contributed by atoms with van der Waals surface area (Å²) < 4.78 is 18.9. The second-order valence-corrected chi connectivity index (χ2v) is 8.00. The molecule has 0 bridgehead atoms. The van der Waals surface area contributed by atoms with Crippen LogP contribution in [0.15, 0.2) is 42.6 Å². The number of fused-ring (bicyclic) bond motifs is 1. The number of aromatic nitrogens is 1. The van der Waals surface area contributed by atoms with Gasteiger partial charge in [-0.2, -0.15) is 0 Å². The maximum atomic E-state index is 13.9. The minimum absolute atomic E-state index is 0.0444. The van der Waals surface area contributed by atoms with Crippen LogP contribution in [0.2, 0.25) is 5.02 Å². The summed E-state index contributed by atoms with van der Waals surface area (Å²) >= 11 is 5.92. The average molecular weight is 404 g/mol. The maximum Gasteiger partial charge on any atom is 0.249 e. The van der Waals surface area contributed by atoms with E-state index in [1.807, 2.05) is 23.1 Å². The summed E-state index contributed by atoms with van der Waals surface area (Å²) in [5, 5.41) is 0.625. The van der Waals surface area contributed by atoms with Gasteiger partial charge in [-0.1, -0.05) is 23.7 Å². The number of halogens is 2. The van der Waals surface area contributed by atoms with E-state index in [2.05, 4.69) is 9.88 Å². The first-order chi connectivity index (χ1) is 13.5. The van der Waals surface area contributed by atoms with Crippen molar-refractivity contribution in [3.8, 4) is 0 Å². The van der Waals surface area contributed by atoms with E-state index in [4.69, 9.17) is 16.3 Å². The summed E-state index contributed by atoms with van der Waals surface area (Å²) in [7, 11) is 1.52. The lowest BCUT2D eigenvalue weighted by Gasteiger charge is -2.30. The summed E-state index contributed by atoms with van der Waals surface area (Å²) in [5.74, 6) is 0.286. The van der Waals surface area contributed by atoms with Crippen molar-refractivity contribution in [2.75, 3.05) is 33.4 Å². The van der Waals surface area contributed by atoms with Crippen molar-refractivity contribution in [3.05, 3.63) is 64.7 Å². The SMILES string of the molecule is COCC(=O)N1C[C@H]2CN(Cc3ccc(Cl)cn3)C[C@H]2[C@@H]1c1cccc(F)c1. The molecule has 0 spiro atoms. The van der Waals surface area contributed by atoms with Crippen molar-refractivity contribution >= 4 is 17.5 Å². The second-order valence-electron chi connectivity index (χ2n) is 7.56. The largest absolute Gasteiger partial charge is 0.375 e. The molecule has 0 aliphatic carbocycles. The number of ether oxygens (including phenoxy) is 1. The number of rotatable bonds is 5. The number of amides is 1. The van der Waals surface area contributed by atoms with E-state index in [0.717, 1.165) is 30.9 Å². The second kappa shape index (κ2) is 8.15. The van der Waals surface area contributed by atoms with Gasteiger partial charge in [0.1, 0.15) is 12.4 Å². The van der Waals surface area contributed by atoms with Gasteiger partial charge in [0, 0.05) is 45.4 Å². The topological polar surface area (TPSA) is 45.7 Å². The molecule has 3 heterocycles. The fourth-order valence-electron chi connectivity index (χ4n) is 4.58. The molecule has 1 aromatic carbocycles. The molecule has 28 heavy (non-hydrogen) atoms. The van der Waals surface area contributed by atoms with Crippen molar-refractivity contribution in [1.82, 2.24) is 14.8 Å². The zero-order valence-corrected chi connectivity index (χ0v) is 16.5. The third-order valence-electron chi connectivity index (χ3n) is 5.69. The molecule has 0 N–H and O–H groups in total. The lowest BCUT2D eigenvalue weighted by molar-refractivity contribution is -0.136. The van der Waals surface area contributed by atoms with Gasteiger partial charge in [-0.3, -0.25) is 14.7 Å². The Kier molecular flexibility index (Phi) is 5.62. The van der Waals surface area contributed by atoms with E-state index in [1.165, 1.54) is 13.2 Å². The first kappa shape index (κ1) is 19.3. The van der Waals surface area contributed by atoms with Crippen molar-refractivity contribution < 1.29 is 13.9 Å². The van der Waals surface area contributed by atoms with Crippen LogP contribution < -0.4 is 0 Å². The van der Waals surface area contributed by atoms with Gasteiger partial charge in [0.05, 0.1) is 16.8 Å². The molecule has 2 saturated heterocycles. The van der Waals surface area contributed by atoms with Gasteiger partial charge in [0.15, 0.2) is 0 Å². The van der Waals surface area contributed by atoms with Crippen LogP contribution in [0.25, 0.3) is 0 Å². The molecule has 1 amide bonds. The van der Waals surface area contributed by atoms with Gasteiger partial charge in [0.25, 0.3) is 0 Å². The van der Waals surface area contributed by atoms with E-state index in [-0.39, 0.29) is 30.3 Å². The Morgan fingerprint density at radius 2 is 2.14 bits per heavy atom. The Morgan fingerprint density at radius 1 is 1.29 bits per heavy atom. The first-order valence-electron chi connectivity index (χ1n) is 9.42. The number of methoxy groups -OCH3 is 1. The molecule has 3 atom stereocenters. The third kappa shape index (κ3) is 3.90. The van der Waals surface area contributed by atoms with Crippen molar-refractivity contribution in [3.63, 3.8) is 0 Å². The highest BCUT2D eigenvalue weighted by molar-refractivity contribution is 6.30. The van der Waals surface area contributed by atoms with Crippen molar-refractivity contribution in [1.29, 1.82) is 0 Å². The monoisotopic (exact) mass is 403 g/mol. The minimum Gasteiger partial charge on any atom is -0.375 e. The van der Waals surface area contributed by atoms with Crippen LogP contribution in [0.5, 0.6) is 0 Å². The Morgan fingerprint density at radius 3 is 2.86 bits per heavy atom. The normalized spacial score (nSPS) is 24.5. The molecule has 4 rings (SSSR count). The van der Waals surface area contributed by atoms with Crippen LogP contribution in [0.4, 0.5) is 4.39 Å². The number of likely N-dealkylation sites (tertiary alicyclic amines) is 2. The third-order valence-corrected chi connectivity index (χ3v) is 5.92. The van der Waals surface area contributed by atoms with Crippen LogP contribution in [-0.2, 0) is 16.1 Å². The Bertz CT molecular complexity index is 848. The van der Waals surface area contributed by atoms with Crippen LogP contribution >= 0.6 is 11.6 Å². The first-order valence-corrected chi connectivity index (χ1v) is 9.79. The number of pyridine rings is 1. The van der Waals surface area contributed by atoms with Gasteiger partial charge in [0.2, 0.25) is 5.91 Å². The van der Waals surface area contributed by atoms with Gasteiger partial charge in [-0.15, -0.1) is 0 Å².